The van der Waals surface area contributed by atoms with Gasteiger partial charge in [0, 0.05) is 23.1 Å². The van der Waals surface area contributed by atoms with Gasteiger partial charge in [-0.3, -0.25) is 9.79 Å². The third kappa shape index (κ3) is 4.56. The SMILES string of the molecule is NCC1CS[C@@H]([C@H](NC(=O)Cc2cccs2)C(=O)O)N=C1C(=O)O. The number of amides is 1. The first-order valence-electron chi connectivity index (χ1n) is 7.09. The first-order chi connectivity index (χ1) is 11.4. The van der Waals surface area contributed by atoms with E-state index >= 15 is 0 Å². The predicted octanol–water partition coefficient (Wildman–Crippen LogP) is 0.0334. The van der Waals surface area contributed by atoms with E-state index in [1.54, 1.807) is 12.1 Å². The summed E-state index contributed by atoms with van der Waals surface area (Å²) in [7, 11) is 0. The lowest BCUT2D eigenvalue weighted by Crippen LogP contribution is -2.50. The number of nitrogens with one attached hydrogen (secondary N) is 1. The van der Waals surface area contributed by atoms with Crippen LogP contribution in [-0.4, -0.2) is 57.5 Å². The molecular formula is C14H17N3O5S2. The number of thioether (sulfide) groups is 1. The average molecular weight is 371 g/mol. The van der Waals surface area contributed by atoms with Gasteiger partial charge >= 0.3 is 11.9 Å². The Hall–Kier alpha value is -1.91. The van der Waals surface area contributed by atoms with E-state index in [1.807, 2.05) is 5.38 Å². The molecule has 3 atom stereocenters. The molecule has 0 aromatic carbocycles. The van der Waals surface area contributed by atoms with Gasteiger partial charge in [-0.15, -0.1) is 23.1 Å². The molecule has 0 aliphatic carbocycles. The quantitative estimate of drug-likeness (QED) is 0.530. The lowest BCUT2D eigenvalue weighted by atomic mass is 10.1. The molecule has 2 rings (SSSR count). The van der Waals surface area contributed by atoms with E-state index in [1.165, 1.54) is 23.1 Å². The summed E-state index contributed by atoms with van der Waals surface area (Å²) in [4.78, 5) is 39.6. The Kier molecular flexibility index (Phi) is 6.35. The molecule has 5 N–H and O–H groups in total. The van der Waals surface area contributed by atoms with Gasteiger partial charge in [0.25, 0.3) is 0 Å². The summed E-state index contributed by atoms with van der Waals surface area (Å²) in [6.07, 6.45) is 0.0692. The monoisotopic (exact) mass is 371 g/mol. The van der Waals surface area contributed by atoms with E-state index in [0.29, 0.717) is 5.75 Å². The van der Waals surface area contributed by atoms with Gasteiger partial charge in [-0.25, -0.2) is 9.59 Å². The van der Waals surface area contributed by atoms with Crippen LogP contribution in [0.5, 0.6) is 0 Å². The lowest BCUT2D eigenvalue weighted by molar-refractivity contribution is -0.141. The third-order valence-corrected chi connectivity index (χ3v) is 5.60. The van der Waals surface area contributed by atoms with Crippen LogP contribution >= 0.6 is 23.1 Å². The van der Waals surface area contributed by atoms with Crippen LogP contribution in [0.25, 0.3) is 0 Å². The molecule has 0 saturated heterocycles. The summed E-state index contributed by atoms with van der Waals surface area (Å²) in [5, 5.41) is 21.9. The molecule has 130 valence electrons. The lowest BCUT2D eigenvalue weighted by Gasteiger charge is -2.28. The maximum atomic E-state index is 12.0. The van der Waals surface area contributed by atoms with Crippen molar-refractivity contribution in [3.8, 4) is 0 Å². The Bertz CT molecular complexity index is 647. The smallest absolute Gasteiger partial charge is 0.350 e. The topological polar surface area (TPSA) is 142 Å². The molecule has 0 radical (unpaired) electrons. The molecule has 24 heavy (non-hydrogen) atoms. The Balaban J connectivity index is 2.12. The van der Waals surface area contributed by atoms with Crippen molar-refractivity contribution >= 4 is 46.7 Å². The Morgan fingerprint density at radius 2 is 2.17 bits per heavy atom. The van der Waals surface area contributed by atoms with Gasteiger partial charge in [0.1, 0.15) is 11.1 Å². The van der Waals surface area contributed by atoms with Crippen molar-refractivity contribution in [2.24, 2.45) is 16.6 Å². The van der Waals surface area contributed by atoms with E-state index in [0.717, 1.165) is 4.88 Å². The fourth-order valence-corrected chi connectivity index (χ4v) is 4.20. The van der Waals surface area contributed by atoms with Gasteiger partial charge in [-0.2, -0.15) is 0 Å². The van der Waals surface area contributed by atoms with Crippen LogP contribution in [0.15, 0.2) is 22.5 Å². The first kappa shape index (κ1) is 18.4. The molecule has 1 amide bonds. The van der Waals surface area contributed by atoms with Crippen LogP contribution in [0, 0.1) is 5.92 Å². The highest BCUT2D eigenvalue weighted by Crippen LogP contribution is 2.26. The van der Waals surface area contributed by atoms with E-state index in [-0.39, 0.29) is 18.7 Å². The van der Waals surface area contributed by atoms with Crippen molar-refractivity contribution in [2.45, 2.75) is 17.8 Å². The number of aliphatic carboxylic acids is 2. The first-order valence-corrected chi connectivity index (χ1v) is 9.02. The standard InChI is InChI=1S/C14H17N3O5S2/c15-5-7-6-24-12(17-10(7)13(19)20)11(14(21)22)16-9(18)4-8-2-1-3-23-8/h1-3,7,11-12H,4-6,15H2,(H,16,18)(H,19,20)(H,21,22)/t7?,11-,12-/m0/s1. The van der Waals surface area contributed by atoms with Gasteiger partial charge in [0.15, 0.2) is 6.04 Å². The largest absolute Gasteiger partial charge is 0.480 e. The van der Waals surface area contributed by atoms with Crippen molar-refractivity contribution in [3.05, 3.63) is 22.4 Å². The number of carboxylic acid groups (broad SMARTS) is 2. The Morgan fingerprint density at radius 3 is 2.71 bits per heavy atom. The molecule has 1 aliphatic heterocycles. The number of hydrogen-bond acceptors (Lipinski definition) is 7. The number of carbonyl (C=O) groups is 3. The third-order valence-electron chi connectivity index (χ3n) is 3.41. The number of carbonyl (C=O) groups excluding carboxylic acids is 1. The van der Waals surface area contributed by atoms with Gasteiger partial charge in [0.05, 0.1) is 6.42 Å². The zero-order chi connectivity index (χ0) is 17.7. The summed E-state index contributed by atoms with van der Waals surface area (Å²) in [5.74, 6) is -3.01. The summed E-state index contributed by atoms with van der Waals surface area (Å²) >= 11 is 2.58. The minimum Gasteiger partial charge on any atom is -0.480 e. The maximum absolute atomic E-state index is 12.0. The molecule has 0 fully saturated rings. The molecule has 0 saturated carbocycles. The molecular weight excluding hydrogens is 354 g/mol. The highest BCUT2D eigenvalue weighted by atomic mass is 32.2. The molecule has 1 aliphatic rings. The maximum Gasteiger partial charge on any atom is 0.350 e. The van der Waals surface area contributed by atoms with E-state index in [4.69, 9.17) is 5.73 Å². The fraction of sp³-hybridized carbons (Fsp3) is 0.429. The van der Waals surface area contributed by atoms with Crippen LogP contribution in [0.4, 0.5) is 0 Å². The number of carboxylic acids is 2. The van der Waals surface area contributed by atoms with Crippen molar-refractivity contribution in [1.82, 2.24) is 5.32 Å². The molecule has 1 unspecified atom stereocenters. The zero-order valence-electron chi connectivity index (χ0n) is 12.5. The van der Waals surface area contributed by atoms with Gasteiger partial charge in [0.2, 0.25) is 5.91 Å². The number of rotatable bonds is 7. The summed E-state index contributed by atoms with van der Waals surface area (Å²) in [5.41, 5.74) is 5.39. The predicted molar refractivity (Wildman–Crippen MR) is 91.5 cm³/mol. The molecule has 1 aromatic rings. The second-order valence-corrected chi connectivity index (χ2v) is 7.30. The van der Waals surface area contributed by atoms with Gasteiger partial charge in [-0.1, -0.05) is 6.07 Å². The zero-order valence-corrected chi connectivity index (χ0v) is 14.2. The van der Waals surface area contributed by atoms with Crippen LogP contribution in [0.2, 0.25) is 0 Å². The molecule has 2 heterocycles. The van der Waals surface area contributed by atoms with E-state index < -0.39 is 35.2 Å². The fourth-order valence-electron chi connectivity index (χ4n) is 2.20. The normalized spacial score (nSPS) is 21.6. The van der Waals surface area contributed by atoms with Crippen molar-refractivity contribution in [3.63, 3.8) is 0 Å². The van der Waals surface area contributed by atoms with Crippen LogP contribution in [0.3, 0.4) is 0 Å². The minimum absolute atomic E-state index is 0.0692. The number of nitrogens with zero attached hydrogens (tertiary/aromatic N) is 1. The Morgan fingerprint density at radius 1 is 1.42 bits per heavy atom. The second-order valence-electron chi connectivity index (χ2n) is 5.12. The van der Waals surface area contributed by atoms with E-state index in [9.17, 15) is 24.6 Å². The molecule has 8 nitrogen and oxygen atoms in total. The van der Waals surface area contributed by atoms with Crippen LogP contribution in [0.1, 0.15) is 4.88 Å². The van der Waals surface area contributed by atoms with Crippen molar-refractivity contribution in [1.29, 1.82) is 0 Å². The molecule has 10 heteroatoms. The average Bonchev–Trinajstić information content (AvgIpc) is 3.04. The summed E-state index contributed by atoms with van der Waals surface area (Å²) in [6, 6.07) is 2.28. The molecule has 1 aromatic heterocycles. The highest BCUT2D eigenvalue weighted by Gasteiger charge is 2.36. The molecule has 0 bridgehead atoms. The minimum atomic E-state index is -1.30. The van der Waals surface area contributed by atoms with Crippen LogP contribution in [-0.2, 0) is 20.8 Å². The van der Waals surface area contributed by atoms with Gasteiger partial charge in [-0.05, 0) is 11.4 Å². The summed E-state index contributed by atoms with van der Waals surface area (Å²) < 4.78 is 0. The highest BCUT2D eigenvalue weighted by molar-refractivity contribution is 8.00. The number of thiophene rings is 1. The molecule has 0 spiro atoms. The Labute approximate surface area is 146 Å². The summed E-state index contributed by atoms with van der Waals surface area (Å²) in [6.45, 7) is 0.118. The second kappa shape index (κ2) is 8.27. The van der Waals surface area contributed by atoms with Gasteiger partial charge < -0.3 is 21.3 Å². The van der Waals surface area contributed by atoms with Crippen molar-refractivity contribution in [2.75, 3.05) is 12.3 Å². The number of aliphatic imine (C=N–C) groups is 1. The van der Waals surface area contributed by atoms with E-state index in [2.05, 4.69) is 10.3 Å². The van der Waals surface area contributed by atoms with Crippen LogP contribution < -0.4 is 11.1 Å². The number of hydrogen-bond donors (Lipinski definition) is 4. The van der Waals surface area contributed by atoms with Crippen molar-refractivity contribution < 1.29 is 24.6 Å². The number of nitrogens with two attached hydrogens (primary N) is 1.